The highest BCUT2D eigenvalue weighted by Gasteiger charge is 2.36. The lowest BCUT2D eigenvalue weighted by Gasteiger charge is -2.21. The minimum absolute atomic E-state index is 0.117. The number of fused-ring (bicyclic) bond motifs is 3. The molecule has 3 rings (SSSR count). The first-order valence-corrected chi connectivity index (χ1v) is 6.60. The van der Waals surface area contributed by atoms with Gasteiger partial charge in [0.15, 0.2) is 0 Å². The molecule has 2 nitrogen and oxygen atoms in total. The van der Waals surface area contributed by atoms with Crippen LogP contribution in [0.15, 0.2) is 36.4 Å². The zero-order chi connectivity index (χ0) is 13.8. The number of hydrogen-bond donors (Lipinski definition) is 2. The van der Waals surface area contributed by atoms with Gasteiger partial charge in [0.25, 0.3) is 0 Å². The topological polar surface area (TPSA) is 40.5 Å². The quantitative estimate of drug-likeness (QED) is 0.782. The summed E-state index contributed by atoms with van der Waals surface area (Å²) in [4.78, 5) is 0. The standard InChI is InChI=1S/C15H14BClO2/c1-15(2)11-6-4-3-5-9(11)10-7-13(16(18)19)14(17)8-12(10)15/h3-8,18-19H,1-2H3. The number of benzene rings is 2. The first-order chi connectivity index (χ1) is 8.93. The van der Waals surface area contributed by atoms with Crippen molar-refractivity contribution in [2.45, 2.75) is 19.3 Å². The summed E-state index contributed by atoms with van der Waals surface area (Å²) in [7, 11) is -1.55. The van der Waals surface area contributed by atoms with E-state index in [0.717, 1.165) is 16.7 Å². The Morgan fingerprint density at radius 3 is 2.37 bits per heavy atom. The Bertz CT molecular complexity index is 665. The van der Waals surface area contributed by atoms with E-state index in [1.807, 2.05) is 18.2 Å². The fourth-order valence-electron chi connectivity index (χ4n) is 2.94. The van der Waals surface area contributed by atoms with Crippen LogP contribution in [-0.2, 0) is 5.41 Å². The zero-order valence-corrected chi connectivity index (χ0v) is 11.6. The highest BCUT2D eigenvalue weighted by atomic mass is 35.5. The smallest absolute Gasteiger partial charge is 0.423 e. The van der Waals surface area contributed by atoms with Crippen LogP contribution < -0.4 is 5.46 Å². The highest BCUT2D eigenvalue weighted by Crippen LogP contribution is 2.48. The van der Waals surface area contributed by atoms with Gasteiger partial charge in [-0.2, -0.15) is 0 Å². The predicted molar refractivity (Wildman–Crippen MR) is 78.8 cm³/mol. The average molecular weight is 273 g/mol. The maximum atomic E-state index is 9.39. The molecule has 96 valence electrons. The summed E-state index contributed by atoms with van der Waals surface area (Å²) < 4.78 is 0. The fourth-order valence-corrected chi connectivity index (χ4v) is 3.20. The molecule has 0 saturated carbocycles. The van der Waals surface area contributed by atoms with Crippen LogP contribution in [0.25, 0.3) is 11.1 Å². The minimum Gasteiger partial charge on any atom is -0.423 e. The van der Waals surface area contributed by atoms with Gasteiger partial charge in [-0.25, -0.2) is 0 Å². The molecule has 2 aromatic rings. The van der Waals surface area contributed by atoms with Gasteiger partial charge in [0.05, 0.1) is 0 Å². The lowest BCUT2D eigenvalue weighted by atomic mass is 9.76. The lowest BCUT2D eigenvalue weighted by Crippen LogP contribution is -2.31. The Hall–Kier alpha value is -1.29. The van der Waals surface area contributed by atoms with Crippen LogP contribution >= 0.6 is 11.6 Å². The third-order valence-corrected chi connectivity index (χ3v) is 4.31. The van der Waals surface area contributed by atoms with Crippen molar-refractivity contribution in [3.63, 3.8) is 0 Å². The summed E-state index contributed by atoms with van der Waals surface area (Å²) in [5, 5.41) is 19.2. The van der Waals surface area contributed by atoms with Crippen LogP contribution in [0.5, 0.6) is 0 Å². The molecule has 4 heteroatoms. The molecule has 0 saturated heterocycles. The summed E-state index contributed by atoms with van der Waals surface area (Å²) in [5.74, 6) is 0. The van der Waals surface area contributed by atoms with E-state index in [4.69, 9.17) is 11.6 Å². The van der Waals surface area contributed by atoms with E-state index in [1.54, 1.807) is 6.07 Å². The van der Waals surface area contributed by atoms with Crippen molar-refractivity contribution in [2.75, 3.05) is 0 Å². The van der Waals surface area contributed by atoms with Gasteiger partial charge in [0.1, 0.15) is 0 Å². The third-order valence-electron chi connectivity index (χ3n) is 3.98. The maximum Gasteiger partial charge on any atom is 0.489 e. The van der Waals surface area contributed by atoms with Crippen molar-refractivity contribution in [3.05, 3.63) is 52.5 Å². The van der Waals surface area contributed by atoms with Crippen LogP contribution in [0.2, 0.25) is 5.02 Å². The summed E-state index contributed by atoms with van der Waals surface area (Å²) in [5.41, 5.74) is 4.78. The molecular weight excluding hydrogens is 258 g/mol. The fraction of sp³-hybridized carbons (Fsp3) is 0.200. The second-order valence-corrected chi connectivity index (χ2v) is 5.87. The number of halogens is 1. The molecular formula is C15H14BClO2. The zero-order valence-electron chi connectivity index (χ0n) is 10.8. The molecule has 0 heterocycles. The number of hydrogen-bond acceptors (Lipinski definition) is 2. The lowest BCUT2D eigenvalue weighted by molar-refractivity contribution is 0.426. The van der Waals surface area contributed by atoms with E-state index in [0.29, 0.717) is 10.5 Å². The predicted octanol–water partition coefficient (Wildman–Crippen LogP) is 2.33. The molecule has 2 N–H and O–H groups in total. The van der Waals surface area contributed by atoms with Crippen molar-refractivity contribution in [3.8, 4) is 11.1 Å². The molecule has 1 aliphatic carbocycles. The van der Waals surface area contributed by atoms with E-state index in [1.165, 1.54) is 5.56 Å². The largest absolute Gasteiger partial charge is 0.489 e. The van der Waals surface area contributed by atoms with Crippen molar-refractivity contribution in [1.82, 2.24) is 0 Å². The number of rotatable bonds is 1. The monoisotopic (exact) mass is 272 g/mol. The van der Waals surface area contributed by atoms with Crippen LogP contribution in [0.4, 0.5) is 0 Å². The molecule has 0 amide bonds. The molecule has 0 spiro atoms. The SMILES string of the molecule is CC1(C)c2ccccc2-c2cc(B(O)O)c(Cl)cc21. The Labute approximate surface area is 117 Å². The summed E-state index contributed by atoms with van der Waals surface area (Å²) in [6, 6.07) is 11.8. The molecule has 0 aromatic heterocycles. The van der Waals surface area contributed by atoms with Crippen LogP contribution in [-0.4, -0.2) is 17.2 Å². The molecule has 19 heavy (non-hydrogen) atoms. The Balaban J connectivity index is 2.34. The van der Waals surface area contributed by atoms with Crippen LogP contribution in [0.3, 0.4) is 0 Å². The van der Waals surface area contributed by atoms with Gasteiger partial charge in [0, 0.05) is 15.9 Å². The second kappa shape index (κ2) is 4.10. The van der Waals surface area contributed by atoms with Crippen LogP contribution in [0, 0.1) is 0 Å². The van der Waals surface area contributed by atoms with E-state index in [9.17, 15) is 10.0 Å². The first-order valence-electron chi connectivity index (χ1n) is 6.23. The minimum atomic E-state index is -1.55. The van der Waals surface area contributed by atoms with Gasteiger partial charge < -0.3 is 10.0 Å². The molecule has 1 aliphatic rings. The summed E-state index contributed by atoms with van der Waals surface area (Å²) >= 11 is 6.15. The maximum absolute atomic E-state index is 9.39. The normalized spacial score (nSPS) is 15.0. The molecule has 0 aliphatic heterocycles. The van der Waals surface area contributed by atoms with Crippen molar-refractivity contribution < 1.29 is 10.0 Å². The van der Waals surface area contributed by atoms with Gasteiger partial charge in [-0.1, -0.05) is 55.8 Å². The third kappa shape index (κ3) is 1.73. The van der Waals surface area contributed by atoms with E-state index < -0.39 is 7.12 Å². The van der Waals surface area contributed by atoms with E-state index in [2.05, 4.69) is 26.0 Å². The van der Waals surface area contributed by atoms with Gasteiger partial charge in [-0.3, -0.25) is 0 Å². The molecule has 0 unspecified atom stereocenters. The van der Waals surface area contributed by atoms with Crippen LogP contribution in [0.1, 0.15) is 25.0 Å². The van der Waals surface area contributed by atoms with E-state index >= 15 is 0 Å². The van der Waals surface area contributed by atoms with Crippen molar-refractivity contribution in [1.29, 1.82) is 0 Å². The van der Waals surface area contributed by atoms with Gasteiger partial charge in [-0.05, 0) is 28.3 Å². The first kappa shape index (κ1) is 12.7. The molecule has 0 bridgehead atoms. The Kier molecular flexibility index (Phi) is 2.75. The molecule has 0 radical (unpaired) electrons. The van der Waals surface area contributed by atoms with Gasteiger partial charge in [-0.15, -0.1) is 0 Å². The molecule has 0 fully saturated rings. The Morgan fingerprint density at radius 1 is 1.00 bits per heavy atom. The molecule has 2 aromatic carbocycles. The van der Waals surface area contributed by atoms with Gasteiger partial charge in [0.2, 0.25) is 0 Å². The molecule has 0 atom stereocenters. The van der Waals surface area contributed by atoms with Gasteiger partial charge >= 0.3 is 7.12 Å². The van der Waals surface area contributed by atoms with Crippen molar-refractivity contribution in [2.24, 2.45) is 0 Å². The van der Waals surface area contributed by atoms with Crippen molar-refractivity contribution >= 4 is 24.2 Å². The van der Waals surface area contributed by atoms with E-state index in [-0.39, 0.29) is 5.41 Å². The average Bonchev–Trinajstić information content (AvgIpc) is 2.58. The summed E-state index contributed by atoms with van der Waals surface area (Å²) in [6.45, 7) is 4.31. The second-order valence-electron chi connectivity index (χ2n) is 5.46. The Morgan fingerprint density at radius 2 is 1.68 bits per heavy atom. The summed E-state index contributed by atoms with van der Waals surface area (Å²) in [6.07, 6.45) is 0. The highest BCUT2D eigenvalue weighted by molar-refractivity contribution is 6.63.